The molecule has 118 valence electrons. The van der Waals surface area contributed by atoms with E-state index in [2.05, 4.69) is 5.32 Å². The second-order valence-corrected chi connectivity index (χ2v) is 5.83. The smallest absolute Gasteiger partial charge is 0.326 e. The third kappa shape index (κ3) is 3.53. The summed E-state index contributed by atoms with van der Waals surface area (Å²) in [4.78, 5) is 36.5. The molecule has 0 spiro atoms. The number of nitrogens with zero attached hydrogens (tertiary/aromatic N) is 1. The summed E-state index contributed by atoms with van der Waals surface area (Å²) >= 11 is 0. The van der Waals surface area contributed by atoms with Crippen LogP contribution in [0.1, 0.15) is 38.5 Å². The Bertz CT molecular complexity index is 426. The van der Waals surface area contributed by atoms with Gasteiger partial charge >= 0.3 is 5.97 Å². The van der Waals surface area contributed by atoms with Crippen molar-refractivity contribution in [3.8, 4) is 0 Å². The Kier molecular flexibility index (Phi) is 5.17. The number of amides is 2. The van der Waals surface area contributed by atoms with E-state index in [1.165, 1.54) is 4.90 Å². The number of carboxylic acid groups (broad SMARTS) is 1. The van der Waals surface area contributed by atoms with Gasteiger partial charge in [-0.2, -0.15) is 0 Å². The van der Waals surface area contributed by atoms with Crippen LogP contribution in [0.15, 0.2) is 0 Å². The molecule has 1 heterocycles. The van der Waals surface area contributed by atoms with E-state index in [0.29, 0.717) is 12.3 Å². The highest BCUT2D eigenvalue weighted by Crippen LogP contribution is 2.37. The molecule has 3 atom stereocenters. The predicted octanol–water partition coefficient (Wildman–Crippen LogP) is -0.304. The lowest BCUT2D eigenvalue weighted by molar-refractivity contribution is -0.157. The highest BCUT2D eigenvalue weighted by atomic mass is 16.4. The minimum absolute atomic E-state index is 0.00382. The van der Waals surface area contributed by atoms with Crippen molar-refractivity contribution >= 4 is 17.8 Å². The SMILES string of the molecule is NCC(=O)NCC(=O)N1C(C(=O)O)CCC2CCCCC21. The van der Waals surface area contributed by atoms with Crippen LogP contribution in [0.4, 0.5) is 0 Å². The van der Waals surface area contributed by atoms with Gasteiger partial charge in [0.2, 0.25) is 11.8 Å². The van der Waals surface area contributed by atoms with Crippen molar-refractivity contribution in [2.45, 2.75) is 50.6 Å². The average molecular weight is 297 g/mol. The Hall–Kier alpha value is -1.63. The molecule has 0 bridgehead atoms. The van der Waals surface area contributed by atoms with Crippen molar-refractivity contribution in [1.82, 2.24) is 10.2 Å². The van der Waals surface area contributed by atoms with Gasteiger partial charge in [-0.05, 0) is 31.6 Å². The molecule has 2 fully saturated rings. The van der Waals surface area contributed by atoms with Crippen LogP contribution in [0.25, 0.3) is 0 Å². The number of hydrogen-bond donors (Lipinski definition) is 3. The van der Waals surface area contributed by atoms with Gasteiger partial charge in [-0.15, -0.1) is 0 Å². The normalized spacial score (nSPS) is 28.6. The van der Waals surface area contributed by atoms with Gasteiger partial charge < -0.3 is 21.1 Å². The van der Waals surface area contributed by atoms with Crippen molar-refractivity contribution in [3.63, 3.8) is 0 Å². The number of carboxylic acids is 1. The number of likely N-dealkylation sites (tertiary alicyclic amines) is 1. The maximum atomic E-state index is 12.4. The van der Waals surface area contributed by atoms with E-state index < -0.39 is 17.9 Å². The minimum atomic E-state index is -0.961. The van der Waals surface area contributed by atoms with Crippen LogP contribution in [0.2, 0.25) is 0 Å². The quantitative estimate of drug-likeness (QED) is 0.659. The van der Waals surface area contributed by atoms with Crippen LogP contribution >= 0.6 is 0 Å². The number of piperidine rings is 1. The summed E-state index contributed by atoms with van der Waals surface area (Å²) in [6.07, 6.45) is 5.42. The van der Waals surface area contributed by atoms with Gasteiger partial charge in [0.1, 0.15) is 6.04 Å². The first-order valence-electron chi connectivity index (χ1n) is 7.55. The first-order chi connectivity index (χ1) is 10.0. The average Bonchev–Trinajstić information content (AvgIpc) is 2.50. The second-order valence-electron chi connectivity index (χ2n) is 5.83. The number of carbonyl (C=O) groups is 3. The van der Waals surface area contributed by atoms with Gasteiger partial charge in [-0.25, -0.2) is 4.79 Å². The molecule has 3 unspecified atom stereocenters. The van der Waals surface area contributed by atoms with Crippen molar-refractivity contribution in [2.75, 3.05) is 13.1 Å². The molecule has 1 aliphatic heterocycles. The number of hydrogen-bond acceptors (Lipinski definition) is 4. The van der Waals surface area contributed by atoms with Gasteiger partial charge in [0.05, 0.1) is 13.1 Å². The Morgan fingerprint density at radius 2 is 1.86 bits per heavy atom. The van der Waals surface area contributed by atoms with Gasteiger partial charge in [-0.3, -0.25) is 9.59 Å². The molecule has 0 aromatic carbocycles. The predicted molar refractivity (Wildman–Crippen MR) is 75.3 cm³/mol. The molecule has 1 aliphatic carbocycles. The number of carbonyl (C=O) groups excluding carboxylic acids is 2. The molecule has 7 heteroatoms. The first kappa shape index (κ1) is 15.8. The van der Waals surface area contributed by atoms with Crippen molar-refractivity contribution in [2.24, 2.45) is 11.7 Å². The number of rotatable bonds is 4. The maximum Gasteiger partial charge on any atom is 0.326 e. The van der Waals surface area contributed by atoms with E-state index in [1.54, 1.807) is 0 Å². The third-order valence-electron chi connectivity index (χ3n) is 4.57. The van der Waals surface area contributed by atoms with E-state index in [0.717, 1.165) is 32.1 Å². The van der Waals surface area contributed by atoms with E-state index in [1.807, 2.05) is 0 Å². The Balaban J connectivity index is 2.10. The zero-order chi connectivity index (χ0) is 15.4. The van der Waals surface area contributed by atoms with Gasteiger partial charge in [-0.1, -0.05) is 12.8 Å². The van der Waals surface area contributed by atoms with E-state index in [9.17, 15) is 19.5 Å². The van der Waals surface area contributed by atoms with Crippen LogP contribution in [-0.2, 0) is 14.4 Å². The monoisotopic (exact) mass is 297 g/mol. The maximum absolute atomic E-state index is 12.4. The molecule has 2 aliphatic rings. The fourth-order valence-corrected chi connectivity index (χ4v) is 3.57. The second kappa shape index (κ2) is 6.89. The molecule has 4 N–H and O–H groups in total. The molecule has 21 heavy (non-hydrogen) atoms. The van der Waals surface area contributed by atoms with Gasteiger partial charge in [0, 0.05) is 6.04 Å². The Morgan fingerprint density at radius 3 is 2.52 bits per heavy atom. The topological polar surface area (TPSA) is 113 Å². The zero-order valence-electron chi connectivity index (χ0n) is 12.1. The Morgan fingerprint density at radius 1 is 1.14 bits per heavy atom. The zero-order valence-corrected chi connectivity index (χ0v) is 12.1. The lowest BCUT2D eigenvalue weighted by Gasteiger charge is -2.47. The summed E-state index contributed by atoms with van der Waals surface area (Å²) in [7, 11) is 0. The summed E-state index contributed by atoms with van der Waals surface area (Å²) in [5, 5.41) is 11.8. The molecule has 7 nitrogen and oxygen atoms in total. The number of aliphatic carboxylic acids is 1. The van der Waals surface area contributed by atoms with Crippen molar-refractivity contribution in [1.29, 1.82) is 0 Å². The van der Waals surface area contributed by atoms with Crippen LogP contribution in [0.5, 0.6) is 0 Å². The fourth-order valence-electron chi connectivity index (χ4n) is 3.57. The summed E-state index contributed by atoms with van der Waals surface area (Å²) < 4.78 is 0. The van der Waals surface area contributed by atoms with Crippen molar-refractivity contribution < 1.29 is 19.5 Å². The highest BCUT2D eigenvalue weighted by molar-refractivity contribution is 5.88. The number of fused-ring (bicyclic) bond motifs is 1. The van der Waals surface area contributed by atoms with Crippen molar-refractivity contribution in [3.05, 3.63) is 0 Å². The van der Waals surface area contributed by atoms with E-state index in [-0.39, 0.29) is 25.0 Å². The van der Waals surface area contributed by atoms with Gasteiger partial charge in [0.15, 0.2) is 0 Å². The van der Waals surface area contributed by atoms with Gasteiger partial charge in [0.25, 0.3) is 0 Å². The molecule has 1 saturated heterocycles. The van der Waals surface area contributed by atoms with E-state index in [4.69, 9.17) is 5.73 Å². The summed E-state index contributed by atoms with van der Waals surface area (Å²) in [5.41, 5.74) is 5.19. The lowest BCUT2D eigenvalue weighted by atomic mass is 9.76. The molecular weight excluding hydrogens is 274 g/mol. The summed E-state index contributed by atoms with van der Waals surface area (Å²) in [6, 6.07) is -0.775. The van der Waals surface area contributed by atoms with Crippen LogP contribution in [-0.4, -0.2) is 53.0 Å². The highest BCUT2D eigenvalue weighted by Gasteiger charge is 2.43. The molecule has 2 amide bonds. The number of nitrogens with two attached hydrogens (primary N) is 1. The first-order valence-corrected chi connectivity index (χ1v) is 7.55. The number of nitrogens with one attached hydrogen (secondary N) is 1. The lowest BCUT2D eigenvalue weighted by Crippen LogP contribution is -2.59. The Labute approximate surface area is 123 Å². The minimum Gasteiger partial charge on any atom is -0.480 e. The standard InChI is InChI=1S/C14H23N3O4/c15-7-12(18)16-8-13(19)17-10-4-2-1-3-9(10)5-6-11(17)14(20)21/h9-11H,1-8,15H2,(H,16,18)(H,20,21). The molecule has 0 aromatic heterocycles. The molecule has 0 radical (unpaired) electrons. The fraction of sp³-hybridized carbons (Fsp3) is 0.786. The van der Waals surface area contributed by atoms with Crippen LogP contribution < -0.4 is 11.1 Å². The van der Waals surface area contributed by atoms with Crippen LogP contribution in [0, 0.1) is 5.92 Å². The van der Waals surface area contributed by atoms with Crippen LogP contribution in [0.3, 0.4) is 0 Å². The van der Waals surface area contributed by atoms with E-state index >= 15 is 0 Å². The molecule has 1 saturated carbocycles. The largest absolute Gasteiger partial charge is 0.480 e. The summed E-state index contributed by atoms with van der Waals surface area (Å²) in [6.45, 7) is -0.356. The molecule has 0 aromatic rings. The summed E-state index contributed by atoms with van der Waals surface area (Å²) in [5.74, 6) is -1.30. The third-order valence-corrected chi connectivity index (χ3v) is 4.57. The molecule has 2 rings (SSSR count). The molecular formula is C14H23N3O4.